The highest BCUT2D eigenvalue weighted by atomic mass is 32.2. The average molecular weight is 664 g/mol. The first-order chi connectivity index (χ1) is 22.0. The van der Waals surface area contributed by atoms with Crippen molar-refractivity contribution in [2.45, 2.75) is 32.2 Å². The van der Waals surface area contributed by atoms with Gasteiger partial charge in [0.15, 0.2) is 0 Å². The van der Waals surface area contributed by atoms with E-state index < -0.39 is 40.7 Å². The molecule has 0 saturated carbocycles. The number of nitrogens with one attached hydrogen (secondary N) is 1. The number of ether oxygens (including phenoxy) is 3. The summed E-state index contributed by atoms with van der Waals surface area (Å²) in [5.41, 5.74) is 1.11. The zero-order chi connectivity index (χ0) is 32.6. The van der Waals surface area contributed by atoms with Gasteiger partial charge in [-0.05, 0) is 17.7 Å². The molecule has 0 saturated heterocycles. The van der Waals surface area contributed by atoms with Gasteiger partial charge in [-0.1, -0.05) is 30.3 Å². The molecule has 3 aliphatic heterocycles. The summed E-state index contributed by atoms with van der Waals surface area (Å²) < 4.78 is 102. The normalized spacial score (nSPS) is 15.1. The Kier molecular flexibility index (Phi) is 8.71. The van der Waals surface area contributed by atoms with E-state index in [1.54, 1.807) is 18.3 Å². The van der Waals surface area contributed by atoms with Crippen LogP contribution < -0.4 is 14.2 Å². The fraction of sp³-hybridized carbons (Fsp3) is 0.345. The standard InChI is InChI=1S/C29H29F4N7O5S/c1-38-15-20(27(37-38)45-29(32)33)21-19-9-6-11-39(13-17-7-4-3-5-8-17)26(19)35-23(21)22-24(25(30)31)36-40-14-18(16-44-28(22)40)43-12-10-34-46(2,41)42/h3-9,11,15,18,25,29,34H,10,12-14,16H2,1-2H3. The summed E-state index contributed by atoms with van der Waals surface area (Å²) in [6, 6.07) is 13.0. The molecular weight excluding hydrogens is 634 g/mol. The lowest BCUT2D eigenvalue weighted by Gasteiger charge is -2.25. The van der Waals surface area contributed by atoms with Crippen LogP contribution in [-0.4, -0.2) is 76.3 Å². The molecule has 0 radical (unpaired) electrons. The molecule has 0 bridgehead atoms. The Labute approximate surface area is 260 Å². The molecule has 3 aromatic rings. The van der Waals surface area contributed by atoms with Gasteiger partial charge in [0.2, 0.25) is 21.8 Å². The maximum Gasteiger partial charge on any atom is 0.388 e. The van der Waals surface area contributed by atoms with Gasteiger partial charge in [-0.15, -0.1) is 5.10 Å². The van der Waals surface area contributed by atoms with Crippen LogP contribution in [-0.2, 0) is 34.9 Å². The van der Waals surface area contributed by atoms with Crippen molar-refractivity contribution >= 4 is 10.0 Å². The highest BCUT2D eigenvalue weighted by Crippen LogP contribution is 2.49. The maximum atomic E-state index is 14.7. The molecule has 17 heteroatoms. The van der Waals surface area contributed by atoms with Crippen molar-refractivity contribution in [2.75, 3.05) is 26.0 Å². The molecule has 244 valence electrons. The van der Waals surface area contributed by atoms with E-state index in [-0.39, 0.29) is 54.6 Å². The van der Waals surface area contributed by atoms with Gasteiger partial charge >= 0.3 is 6.61 Å². The Morgan fingerprint density at radius 3 is 2.57 bits per heavy atom. The number of halogens is 4. The summed E-state index contributed by atoms with van der Waals surface area (Å²) in [6.45, 7) is -2.79. The molecule has 0 fully saturated rings. The fourth-order valence-corrected chi connectivity index (χ4v) is 5.86. The first-order valence-corrected chi connectivity index (χ1v) is 16.0. The van der Waals surface area contributed by atoms with Gasteiger partial charge in [0.1, 0.15) is 24.2 Å². The van der Waals surface area contributed by atoms with Crippen molar-refractivity contribution in [2.24, 2.45) is 7.05 Å². The van der Waals surface area contributed by atoms with Crippen LogP contribution in [0.3, 0.4) is 0 Å². The van der Waals surface area contributed by atoms with E-state index >= 15 is 0 Å². The number of benzene rings is 1. The van der Waals surface area contributed by atoms with E-state index in [0.29, 0.717) is 17.9 Å². The fourth-order valence-electron chi connectivity index (χ4n) is 5.40. The lowest BCUT2D eigenvalue weighted by Crippen LogP contribution is -2.35. The Morgan fingerprint density at radius 2 is 1.85 bits per heavy atom. The second kappa shape index (κ2) is 12.7. The summed E-state index contributed by atoms with van der Waals surface area (Å²) in [6.07, 6.45) is 0.598. The predicted molar refractivity (Wildman–Crippen MR) is 157 cm³/mol. The highest BCUT2D eigenvalue weighted by Gasteiger charge is 2.37. The van der Waals surface area contributed by atoms with E-state index in [1.165, 1.54) is 22.6 Å². The Balaban J connectivity index is 1.47. The third kappa shape index (κ3) is 6.56. The second-order valence-electron chi connectivity index (χ2n) is 10.6. The van der Waals surface area contributed by atoms with Crippen molar-refractivity contribution in [3.05, 3.63) is 66.1 Å². The van der Waals surface area contributed by atoms with Gasteiger partial charge in [-0.25, -0.2) is 31.6 Å². The summed E-state index contributed by atoms with van der Waals surface area (Å²) in [4.78, 5) is 4.83. The monoisotopic (exact) mass is 663 g/mol. The van der Waals surface area contributed by atoms with E-state index in [9.17, 15) is 26.0 Å². The van der Waals surface area contributed by atoms with Crippen LogP contribution in [0.5, 0.6) is 11.8 Å². The Morgan fingerprint density at radius 1 is 1.07 bits per heavy atom. The van der Waals surface area contributed by atoms with Gasteiger partial charge in [0.25, 0.3) is 6.43 Å². The van der Waals surface area contributed by atoms with Gasteiger partial charge in [-0.2, -0.15) is 13.9 Å². The number of nitrogens with zero attached hydrogens (tertiary/aromatic N) is 6. The first-order valence-electron chi connectivity index (χ1n) is 14.1. The van der Waals surface area contributed by atoms with E-state index in [1.807, 2.05) is 34.9 Å². The van der Waals surface area contributed by atoms with Crippen LogP contribution in [0.15, 0.2) is 54.9 Å². The molecule has 5 heterocycles. The SMILES string of the molecule is Cn1cc(-c2c3cccn(Cc4ccccc4)c-3nc2-c2c(C(F)F)nn3c2OCC(OCCNS(C)(=O)=O)C3)c(OC(F)F)n1. The van der Waals surface area contributed by atoms with Crippen LogP contribution >= 0.6 is 0 Å². The van der Waals surface area contributed by atoms with Crippen LogP contribution in [0.2, 0.25) is 0 Å². The topological polar surface area (TPSA) is 127 Å². The molecule has 46 heavy (non-hydrogen) atoms. The molecular formula is C29H29F4N7O5S. The van der Waals surface area contributed by atoms with Gasteiger partial charge < -0.3 is 18.8 Å². The van der Waals surface area contributed by atoms with Crippen LogP contribution in [0.4, 0.5) is 17.6 Å². The van der Waals surface area contributed by atoms with E-state index in [0.717, 1.165) is 11.8 Å². The third-order valence-electron chi connectivity index (χ3n) is 7.21. The van der Waals surface area contributed by atoms with Crippen LogP contribution in [0.25, 0.3) is 33.8 Å². The number of pyridine rings is 1. The molecule has 2 aromatic heterocycles. The van der Waals surface area contributed by atoms with E-state index in [4.69, 9.17) is 19.2 Å². The predicted octanol–water partition coefficient (Wildman–Crippen LogP) is 4.17. The molecule has 3 aliphatic rings. The molecule has 6 rings (SSSR count). The molecule has 1 atom stereocenters. The second-order valence-corrected chi connectivity index (χ2v) is 12.4. The molecule has 1 unspecified atom stereocenters. The lowest BCUT2D eigenvalue weighted by molar-refractivity contribution is -0.0527. The number of fused-ring (bicyclic) bond motifs is 2. The molecule has 0 aliphatic carbocycles. The van der Waals surface area contributed by atoms with Crippen molar-refractivity contribution < 1.29 is 40.2 Å². The number of rotatable bonds is 12. The highest BCUT2D eigenvalue weighted by molar-refractivity contribution is 7.88. The van der Waals surface area contributed by atoms with Crippen molar-refractivity contribution in [1.82, 2.24) is 33.8 Å². The number of sulfonamides is 1. The minimum Gasteiger partial charge on any atom is -0.474 e. The van der Waals surface area contributed by atoms with Crippen molar-refractivity contribution in [3.8, 4) is 45.5 Å². The smallest absolute Gasteiger partial charge is 0.388 e. The molecule has 0 amide bonds. The summed E-state index contributed by atoms with van der Waals surface area (Å²) in [7, 11) is -1.89. The van der Waals surface area contributed by atoms with Gasteiger partial charge in [0, 0.05) is 43.7 Å². The average Bonchev–Trinajstić information content (AvgIpc) is 3.67. The van der Waals surface area contributed by atoms with Gasteiger partial charge in [0.05, 0.1) is 36.2 Å². The minimum atomic E-state index is -3.41. The molecule has 0 spiro atoms. The summed E-state index contributed by atoms with van der Waals surface area (Å²) in [5.74, 6) is 0.00490. The van der Waals surface area contributed by atoms with Crippen LogP contribution in [0.1, 0.15) is 17.7 Å². The number of aryl methyl sites for hydroxylation is 1. The van der Waals surface area contributed by atoms with E-state index in [2.05, 4.69) is 14.9 Å². The number of aromatic nitrogens is 6. The first kappa shape index (κ1) is 31.5. The third-order valence-corrected chi connectivity index (χ3v) is 7.93. The van der Waals surface area contributed by atoms with Crippen molar-refractivity contribution in [1.29, 1.82) is 0 Å². The quantitative estimate of drug-likeness (QED) is 0.156. The Bertz CT molecular complexity index is 1910. The lowest BCUT2D eigenvalue weighted by atomic mass is 9.98. The van der Waals surface area contributed by atoms with Gasteiger partial charge in [-0.3, -0.25) is 4.68 Å². The zero-order valence-electron chi connectivity index (χ0n) is 24.6. The molecule has 1 aromatic carbocycles. The number of alkyl halides is 4. The Hall–Kier alpha value is -4.48. The zero-order valence-corrected chi connectivity index (χ0v) is 25.4. The largest absolute Gasteiger partial charge is 0.474 e. The van der Waals surface area contributed by atoms with Crippen LogP contribution in [0, 0.1) is 0 Å². The van der Waals surface area contributed by atoms with Crippen molar-refractivity contribution in [3.63, 3.8) is 0 Å². The summed E-state index contributed by atoms with van der Waals surface area (Å²) in [5, 5.41) is 8.20. The number of hydrogen-bond donors (Lipinski definition) is 1. The number of hydrogen-bond acceptors (Lipinski definition) is 8. The minimum absolute atomic E-state index is 0.00305. The maximum absolute atomic E-state index is 14.7. The molecule has 1 N–H and O–H groups in total. The molecule has 12 nitrogen and oxygen atoms in total. The summed E-state index contributed by atoms with van der Waals surface area (Å²) >= 11 is 0.